The maximum absolute atomic E-state index is 6.07. The van der Waals surface area contributed by atoms with Gasteiger partial charge in [-0.05, 0) is 78.1 Å². The third kappa shape index (κ3) is 3.11. The van der Waals surface area contributed by atoms with Crippen molar-refractivity contribution in [2.75, 3.05) is 5.32 Å². The van der Waals surface area contributed by atoms with Crippen molar-refractivity contribution in [2.24, 2.45) is 5.41 Å². The van der Waals surface area contributed by atoms with Crippen molar-refractivity contribution in [3.63, 3.8) is 0 Å². The Labute approximate surface area is 129 Å². The van der Waals surface area contributed by atoms with Gasteiger partial charge in [0, 0.05) is 15.5 Å². The second-order valence-corrected chi connectivity index (χ2v) is 7.54. The summed E-state index contributed by atoms with van der Waals surface area (Å²) in [6, 6.07) is 6.57. The van der Waals surface area contributed by atoms with Gasteiger partial charge in [-0.3, -0.25) is 0 Å². The van der Waals surface area contributed by atoms with E-state index in [0.29, 0.717) is 11.5 Å². The van der Waals surface area contributed by atoms with E-state index in [2.05, 4.69) is 21.2 Å². The monoisotopic (exact) mass is 341 g/mol. The fourth-order valence-electron chi connectivity index (χ4n) is 3.83. The lowest BCUT2D eigenvalue weighted by molar-refractivity contribution is 0.188. The lowest BCUT2D eigenvalue weighted by Gasteiger charge is -2.38. The molecule has 1 spiro atoms. The molecule has 0 radical (unpaired) electrons. The molecule has 0 heterocycles. The maximum atomic E-state index is 6.07. The molecule has 0 amide bonds. The summed E-state index contributed by atoms with van der Waals surface area (Å²) >= 11 is 9.67. The molecule has 0 aromatic heterocycles. The van der Waals surface area contributed by atoms with Crippen LogP contribution in [-0.2, 0) is 0 Å². The zero-order valence-electron chi connectivity index (χ0n) is 11.2. The highest BCUT2D eigenvalue weighted by Gasteiger charge is 2.37. The minimum Gasteiger partial charge on any atom is -0.381 e. The second-order valence-electron chi connectivity index (χ2n) is 6.25. The number of rotatable bonds is 2. The van der Waals surface area contributed by atoms with Crippen LogP contribution in [0.15, 0.2) is 22.7 Å². The van der Waals surface area contributed by atoms with Gasteiger partial charge in [0.25, 0.3) is 0 Å². The molecule has 1 aromatic rings. The molecule has 1 nitrogen and oxygen atoms in total. The van der Waals surface area contributed by atoms with Gasteiger partial charge in [-0.1, -0.05) is 24.4 Å². The molecule has 1 N–H and O–H groups in total. The van der Waals surface area contributed by atoms with Crippen LogP contribution in [-0.4, -0.2) is 6.04 Å². The van der Waals surface area contributed by atoms with Crippen molar-refractivity contribution >= 4 is 33.2 Å². The number of hydrogen-bond acceptors (Lipinski definition) is 1. The Balaban J connectivity index is 1.61. The van der Waals surface area contributed by atoms with Crippen molar-refractivity contribution in [1.29, 1.82) is 0 Å². The van der Waals surface area contributed by atoms with Gasteiger partial charge in [0.1, 0.15) is 0 Å². The number of anilines is 1. The predicted molar refractivity (Wildman–Crippen MR) is 85.9 cm³/mol. The van der Waals surface area contributed by atoms with E-state index in [0.717, 1.165) is 15.2 Å². The standard InChI is InChI=1S/C16H21BrClN/c17-14-4-3-12(18)11-15(14)19-13-5-9-16(10-6-13)7-1-2-8-16/h3-4,11,13,19H,1-2,5-10H2. The third-order valence-electron chi connectivity index (χ3n) is 5.00. The van der Waals surface area contributed by atoms with Gasteiger partial charge < -0.3 is 5.32 Å². The minimum absolute atomic E-state index is 0.612. The molecule has 2 fully saturated rings. The van der Waals surface area contributed by atoms with E-state index in [1.165, 1.54) is 51.4 Å². The van der Waals surface area contributed by atoms with Crippen molar-refractivity contribution < 1.29 is 0 Å². The Hall–Kier alpha value is -0.210. The number of nitrogens with one attached hydrogen (secondary N) is 1. The Kier molecular flexibility index (Phi) is 4.09. The molecule has 104 valence electrons. The number of hydrogen-bond donors (Lipinski definition) is 1. The zero-order chi connectivity index (χ0) is 13.3. The van der Waals surface area contributed by atoms with E-state index < -0.39 is 0 Å². The van der Waals surface area contributed by atoms with Gasteiger partial charge in [-0.2, -0.15) is 0 Å². The summed E-state index contributed by atoms with van der Waals surface area (Å²) in [6.45, 7) is 0. The molecule has 19 heavy (non-hydrogen) atoms. The van der Waals surface area contributed by atoms with E-state index in [1.54, 1.807) is 0 Å². The Morgan fingerprint density at radius 3 is 2.47 bits per heavy atom. The SMILES string of the molecule is Clc1ccc(Br)c(NC2CCC3(CCCC3)CC2)c1. The smallest absolute Gasteiger partial charge is 0.0501 e. The first kappa shape index (κ1) is 13.8. The highest BCUT2D eigenvalue weighted by molar-refractivity contribution is 9.10. The summed E-state index contributed by atoms with van der Waals surface area (Å²) in [7, 11) is 0. The van der Waals surface area contributed by atoms with Gasteiger partial charge in [0.15, 0.2) is 0 Å². The Morgan fingerprint density at radius 1 is 1.11 bits per heavy atom. The third-order valence-corrected chi connectivity index (χ3v) is 5.93. The van der Waals surface area contributed by atoms with Crippen LogP contribution in [0.1, 0.15) is 51.4 Å². The van der Waals surface area contributed by atoms with Crippen LogP contribution >= 0.6 is 27.5 Å². The molecule has 3 heteroatoms. The van der Waals surface area contributed by atoms with Gasteiger partial charge in [0.2, 0.25) is 0 Å². The largest absolute Gasteiger partial charge is 0.381 e. The van der Waals surface area contributed by atoms with Crippen molar-refractivity contribution in [3.8, 4) is 0 Å². The highest BCUT2D eigenvalue weighted by atomic mass is 79.9. The minimum atomic E-state index is 0.612. The average Bonchev–Trinajstić information content (AvgIpc) is 2.85. The molecule has 2 aliphatic rings. The Bertz CT molecular complexity index is 444. The molecular weight excluding hydrogens is 322 g/mol. The van der Waals surface area contributed by atoms with Crippen molar-refractivity contribution in [2.45, 2.75) is 57.4 Å². The quantitative estimate of drug-likeness (QED) is 0.693. The number of halogens is 2. The first-order chi connectivity index (χ1) is 9.17. The zero-order valence-corrected chi connectivity index (χ0v) is 13.6. The molecule has 0 bridgehead atoms. The normalized spacial score (nSPS) is 22.8. The van der Waals surface area contributed by atoms with Gasteiger partial charge >= 0.3 is 0 Å². The molecule has 2 saturated carbocycles. The predicted octanol–water partition coefficient (Wildman–Crippen LogP) is 6.02. The average molecular weight is 343 g/mol. The lowest BCUT2D eigenvalue weighted by atomic mass is 9.71. The summed E-state index contributed by atoms with van der Waals surface area (Å²) < 4.78 is 1.11. The molecular formula is C16H21BrClN. The van der Waals surface area contributed by atoms with Crippen LogP contribution in [0.25, 0.3) is 0 Å². The summed E-state index contributed by atoms with van der Waals surface area (Å²) in [5, 5.41) is 4.46. The summed E-state index contributed by atoms with van der Waals surface area (Å²) in [4.78, 5) is 0. The van der Waals surface area contributed by atoms with Crippen LogP contribution in [0, 0.1) is 5.41 Å². The van der Waals surface area contributed by atoms with Gasteiger partial charge in [-0.25, -0.2) is 0 Å². The summed E-state index contributed by atoms with van der Waals surface area (Å²) in [6.07, 6.45) is 11.3. The van der Waals surface area contributed by atoms with Crippen LogP contribution in [0.2, 0.25) is 5.02 Å². The number of benzene rings is 1. The van der Waals surface area contributed by atoms with E-state index in [9.17, 15) is 0 Å². The van der Waals surface area contributed by atoms with E-state index in [4.69, 9.17) is 11.6 Å². The fraction of sp³-hybridized carbons (Fsp3) is 0.625. The molecule has 0 saturated heterocycles. The molecule has 0 unspecified atom stereocenters. The summed E-state index contributed by atoms with van der Waals surface area (Å²) in [5.41, 5.74) is 1.85. The van der Waals surface area contributed by atoms with Crippen LogP contribution < -0.4 is 5.32 Å². The lowest BCUT2D eigenvalue weighted by Crippen LogP contribution is -2.31. The van der Waals surface area contributed by atoms with Gasteiger partial charge in [0.05, 0.1) is 5.69 Å². The first-order valence-electron chi connectivity index (χ1n) is 7.39. The summed E-state index contributed by atoms with van der Waals surface area (Å²) in [5.74, 6) is 0. The van der Waals surface area contributed by atoms with Crippen LogP contribution in [0.3, 0.4) is 0 Å². The van der Waals surface area contributed by atoms with E-state index in [-0.39, 0.29) is 0 Å². The van der Waals surface area contributed by atoms with Crippen LogP contribution in [0.5, 0.6) is 0 Å². The van der Waals surface area contributed by atoms with E-state index >= 15 is 0 Å². The van der Waals surface area contributed by atoms with Crippen LogP contribution in [0.4, 0.5) is 5.69 Å². The van der Waals surface area contributed by atoms with Crippen molar-refractivity contribution in [3.05, 3.63) is 27.7 Å². The fourth-order valence-corrected chi connectivity index (χ4v) is 4.36. The maximum Gasteiger partial charge on any atom is 0.0501 e. The molecule has 3 rings (SSSR count). The van der Waals surface area contributed by atoms with E-state index in [1.807, 2.05) is 18.2 Å². The first-order valence-corrected chi connectivity index (χ1v) is 8.56. The molecule has 2 aliphatic carbocycles. The molecule has 0 atom stereocenters. The van der Waals surface area contributed by atoms with Crippen molar-refractivity contribution in [1.82, 2.24) is 0 Å². The Morgan fingerprint density at radius 2 is 1.79 bits per heavy atom. The molecule has 0 aliphatic heterocycles. The second kappa shape index (κ2) is 5.65. The molecule has 1 aromatic carbocycles. The topological polar surface area (TPSA) is 12.0 Å². The van der Waals surface area contributed by atoms with Gasteiger partial charge in [-0.15, -0.1) is 0 Å². The highest BCUT2D eigenvalue weighted by Crippen LogP contribution is 2.49.